The lowest BCUT2D eigenvalue weighted by Gasteiger charge is -2.01. The van der Waals surface area contributed by atoms with Crippen LogP contribution in [0.25, 0.3) is 6.08 Å². The number of nitrogens with zero attached hydrogens (tertiary/aromatic N) is 2. The van der Waals surface area contributed by atoms with E-state index in [1.165, 1.54) is 11.3 Å². The summed E-state index contributed by atoms with van der Waals surface area (Å²) in [6.45, 7) is 3.62. The van der Waals surface area contributed by atoms with Crippen molar-refractivity contribution in [1.29, 1.82) is 0 Å². The summed E-state index contributed by atoms with van der Waals surface area (Å²) in [6.07, 6.45) is 1.84. The van der Waals surface area contributed by atoms with E-state index in [0.29, 0.717) is 10.7 Å². The van der Waals surface area contributed by atoms with Gasteiger partial charge in [0, 0.05) is 5.57 Å². The van der Waals surface area contributed by atoms with E-state index in [4.69, 9.17) is 0 Å². The zero-order chi connectivity index (χ0) is 13.0. The van der Waals surface area contributed by atoms with Crippen LogP contribution in [-0.4, -0.2) is 16.1 Å². The van der Waals surface area contributed by atoms with Gasteiger partial charge in [-0.2, -0.15) is 0 Å². The number of hydrogen-bond donors (Lipinski definition) is 1. The number of nitrogens with one attached hydrogen (secondary N) is 1. The Labute approximate surface area is 109 Å². The van der Waals surface area contributed by atoms with Crippen LogP contribution in [0.5, 0.6) is 0 Å². The molecule has 2 rings (SSSR count). The van der Waals surface area contributed by atoms with E-state index >= 15 is 0 Å². The normalized spacial score (nSPS) is 11.3. The Morgan fingerprint density at radius 3 is 2.61 bits per heavy atom. The summed E-state index contributed by atoms with van der Waals surface area (Å²) in [5, 5.41) is 11.8. The van der Waals surface area contributed by atoms with Crippen LogP contribution >= 0.6 is 11.3 Å². The summed E-state index contributed by atoms with van der Waals surface area (Å²) in [7, 11) is 0. The molecule has 0 unspecified atom stereocenters. The van der Waals surface area contributed by atoms with Gasteiger partial charge < -0.3 is 0 Å². The lowest BCUT2D eigenvalue weighted by molar-refractivity contribution is -0.112. The Balaban J connectivity index is 2.07. The first-order chi connectivity index (χ1) is 8.65. The van der Waals surface area contributed by atoms with Crippen LogP contribution in [0.3, 0.4) is 0 Å². The maximum Gasteiger partial charge on any atom is 0.253 e. The molecule has 4 nitrogen and oxygen atoms in total. The highest BCUT2D eigenvalue weighted by molar-refractivity contribution is 7.15. The molecule has 18 heavy (non-hydrogen) atoms. The van der Waals surface area contributed by atoms with Crippen LogP contribution in [-0.2, 0) is 4.79 Å². The minimum atomic E-state index is -0.157. The predicted molar refractivity (Wildman–Crippen MR) is 73.4 cm³/mol. The number of rotatable bonds is 3. The van der Waals surface area contributed by atoms with E-state index in [9.17, 15) is 4.79 Å². The van der Waals surface area contributed by atoms with Gasteiger partial charge in [-0.1, -0.05) is 41.7 Å². The Morgan fingerprint density at radius 1 is 1.28 bits per heavy atom. The molecule has 92 valence electrons. The molecule has 0 aliphatic heterocycles. The van der Waals surface area contributed by atoms with E-state index in [-0.39, 0.29) is 5.91 Å². The fourth-order valence-electron chi connectivity index (χ4n) is 1.41. The fraction of sp³-hybridized carbons (Fsp3) is 0.154. The molecule has 0 aliphatic carbocycles. The molecular formula is C13H13N3OS. The van der Waals surface area contributed by atoms with Crippen molar-refractivity contribution < 1.29 is 4.79 Å². The summed E-state index contributed by atoms with van der Waals surface area (Å²) in [5.74, 6) is -0.157. The van der Waals surface area contributed by atoms with Crippen molar-refractivity contribution >= 4 is 28.5 Å². The number of hydrogen-bond acceptors (Lipinski definition) is 4. The molecule has 0 atom stereocenters. The third-order valence-corrected chi connectivity index (χ3v) is 3.04. The van der Waals surface area contributed by atoms with Gasteiger partial charge in [-0.25, -0.2) is 0 Å². The third-order valence-electron chi connectivity index (χ3n) is 2.29. The van der Waals surface area contributed by atoms with Gasteiger partial charge in [-0.05, 0) is 25.5 Å². The van der Waals surface area contributed by atoms with E-state index in [0.717, 1.165) is 10.6 Å². The maximum atomic E-state index is 11.9. The van der Waals surface area contributed by atoms with E-state index in [1.54, 1.807) is 6.92 Å². The fourth-order valence-corrected chi connectivity index (χ4v) is 1.99. The zero-order valence-corrected chi connectivity index (χ0v) is 11.0. The molecule has 2 aromatic rings. The minimum Gasteiger partial charge on any atom is -0.297 e. The quantitative estimate of drug-likeness (QED) is 0.862. The number of aryl methyl sites for hydroxylation is 1. The molecule has 0 radical (unpaired) electrons. The number of aromatic nitrogens is 2. The largest absolute Gasteiger partial charge is 0.297 e. The van der Waals surface area contributed by atoms with E-state index in [1.807, 2.05) is 43.3 Å². The summed E-state index contributed by atoms with van der Waals surface area (Å²) in [4.78, 5) is 11.9. The van der Waals surface area contributed by atoms with Gasteiger partial charge in [0.2, 0.25) is 5.13 Å². The lowest BCUT2D eigenvalue weighted by atomic mass is 10.1. The highest BCUT2D eigenvalue weighted by Crippen LogP contribution is 2.15. The zero-order valence-electron chi connectivity index (χ0n) is 10.2. The molecule has 0 saturated carbocycles. The summed E-state index contributed by atoms with van der Waals surface area (Å²) in [6, 6.07) is 9.71. The maximum absolute atomic E-state index is 11.9. The van der Waals surface area contributed by atoms with Gasteiger partial charge in [-0.3, -0.25) is 10.1 Å². The number of amides is 1. The summed E-state index contributed by atoms with van der Waals surface area (Å²) < 4.78 is 0. The van der Waals surface area contributed by atoms with E-state index < -0.39 is 0 Å². The topological polar surface area (TPSA) is 54.9 Å². The molecule has 1 amide bonds. The minimum absolute atomic E-state index is 0.157. The van der Waals surface area contributed by atoms with Crippen molar-refractivity contribution in [2.45, 2.75) is 13.8 Å². The van der Waals surface area contributed by atoms with Gasteiger partial charge in [0.1, 0.15) is 5.01 Å². The van der Waals surface area contributed by atoms with Crippen molar-refractivity contribution in [1.82, 2.24) is 10.2 Å². The highest BCUT2D eigenvalue weighted by atomic mass is 32.1. The highest BCUT2D eigenvalue weighted by Gasteiger charge is 2.07. The number of carbonyl (C=O) groups is 1. The van der Waals surface area contributed by atoms with Crippen molar-refractivity contribution in [3.05, 3.63) is 46.5 Å². The molecule has 0 spiro atoms. The van der Waals surface area contributed by atoms with Crippen LogP contribution < -0.4 is 5.32 Å². The molecule has 1 N–H and O–H groups in total. The smallest absolute Gasteiger partial charge is 0.253 e. The lowest BCUT2D eigenvalue weighted by Crippen LogP contribution is -2.12. The van der Waals surface area contributed by atoms with Crippen LogP contribution in [0.1, 0.15) is 17.5 Å². The molecule has 1 aromatic heterocycles. The Morgan fingerprint density at radius 2 is 2.00 bits per heavy atom. The van der Waals surface area contributed by atoms with Crippen molar-refractivity contribution in [3.8, 4) is 0 Å². The Hall–Kier alpha value is -2.01. The average Bonchev–Trinajstić information content (AvgIpc) is 2.76. The standard InChI is InChI=1S/C13H13N3OS/c1-9(8-11-6-4-3-5-7-11)12(17)14-13-16-15-10(2)18-13/h3-8H,1-2H3,(H,14,16,17). The van der Waals surface area contributed by atoms with Gasteiger partial charge in [0.05, 0.1) is 0 Å². The average molecular weight is 259 g/mol. The molecule has 1 heterocycles. The summed E-state index contributed by atoms with van der Waals surface area (Å²) >= 11 is 1.36. The number of carbonyl (C=O) groups excluding carboxylic acids is 1. The first-order valence-corrected chi connectivity index (χ1v) is 6.31. The van der Waals surface area contributed by atoms with Crippen LogP contribution in [0.15, 0.2) is 35.9 Å². The van der Waals surface area contributed by atoms with Crippen LogP contribution in [0, 0.1) is 6.92 Å². The molecular weight excluding hydrogens is 246 g/mol. The SMILES string of the molecule is CC(=Cc1ccccc1)C(=O)Nc1nnc(C)s1. The number of benzene rings is 1. The predicted octanol–water partition coefficient (Wildman–Crippen LogP) is 2.89. The van der Waals surface area contributed by atoms with Crippen LogP contribution in [0.4, 0.5) is 5.13 Å². The van der Waals surface area contributed by atoms with Crippen molar-refractivity contribution in [3.63, 3.8) is 0 Å². The monoisotopic (exact) mass is 259 g/mol. The van der Waals surface area contributed by atoms with Gasteiger partial charge in [0.15, 0.2) is 0 Å². The first kappa shape index (κ1) is 12.4. The molecule has 1 aromatic carbocycles. The summed E-state index contributed by atoms with van der Waals surface area (Å²) in [5.41, 5.74) is 1.63. The second-order valence-corrected chi connectivity index (χ2v) is 5.00. The Kier molecular flexibility index (Phi) is 3.84. The van der Waals surface area contributed by atoms with Gasteiger partial charge in [-0.15, -0.1) is 10.2 Å². The number of anilines is 1. The second kappa shape index (κ2) is 5.55. The molecule has 5 heteroatoms. The molecule has 0 aliphatic rings. The van der Waals surface area contributed by atoms with Gasteiger partial charge in [0.25, 0.3) is 5.91 Å². The van der Waals surface area contributed by atoms with Crippen molar-refractivity contribution in [2.75, 3.05) is 5.32 Å². The van der Waals surface area contributed by atoms with E-state index in [2.05, 4.69) is 15.5 Å². The second-order valence-electron chi connectivity index (χ2n) is 3.82. The van der Waals surface area contributed by atoms with Crippen LogP contribution in [0.2, 0.25) is 0 Å². The molecule has 0 saturated heterocycles. The Bertz CT molecular complexity index is 575. The first-order valence-electron chi connectivity index (χ1n) is 5.50. The van der Waals surface area contributed by atoms with Gasteiger partial charge >= 0.3 is 0 Å². The molecule has 0 bridgehead atoms. The third kappa shape index (κ3) is 3.24. The molecule has 0 fully saturated rings. The van der Waals surface area contributed by atoms with Crippen molar-refractivity contribution in [2.24, 2.45) is 0 Å².